The van der Waals surface area contributed by atoms with Gasteiger partial charge in [-0.15, -0.1) is 6.42 Å². The van der Waals surface area contributed by atoms with Crippen LogP contribution in [0.5, 0.6) is 5.75 Å². The van der Waals surface area contributed by atoms with Crippen LogP contribution in [0.2, 0.25) is 0 Å². The third kappa shape index (κ3) is 4.33. The number of nitrogens with zero attached hydrogens (tertiary/aromatic N) is 2. The molecule has 1 fully saturated rings. The molecule has 0 bridgehead atoms. The van der Waals surface area contributed by atoms with Crippen LogP contribution in [0.25, 0.3) is 0 Å². The second-order valence-corrected chi connectivity index (χ2v) is 8.15. The standard InChI is InChI=1S/C21H27FN2O4/c1-6-14-9-15(22)10-18-19(14)27-17(13-26-5)11-16-12-23(7-8-24(16)18)20(25)28-21(2,3)4/h1,9-10,16-17H,7-8,11-13H2,2-5H3. The number of benzene rings is 1. The number of fused-ring (bicyclic) bond motifs is 3. The van der Waals surface area contributed by atoms with E-state index in [1.165, 1.54) is 12.1 Å². The van der Waals surface area contributed by atoms with Gasteiger partial charge in [-0.05, 0) is 26.8 Å². The van der Waals surface area contributed by atoms with Gasteiger partial charge in [-0.3, -0.25) is 0 Å². The number of anilines is 1. The molecule has 6 nitrogen and oxygen atoms in total. The summed E-state index contributed by atoms with van der Waals surface area (Å²) >= 11 is 0. The molecule has 0 N–H and O–H groups in total. The van der Waals surface area contributed by atoms with Crippen LogP contribution in [-0.4, -0.2) is 62.1 Å². The Bertz CT molecular complexity index is 784. The quantitative estimate of drug-likeness (QED) is 0.727. The van der Waals surface area contributed by atoms with Gasteiger partial charge in [-0.1, -0.05) is 5.92 Å². The molecule has 2 unspecified atom stereocenters. The molecule has 2 atom stereocenters. The lowest BCUT2D eigenvalue weighted by Crippen LogP contribution is -2.56. The number of ether oxygens (including phenoxy) is 3. The minimum atomic E-state index is -0.559. The third-order valence-corrected chi connectivity index (χ3v) is 4.81. The monoisotopic (exact) mass is 390 g/mol. The lowest BCUT2D eigenvalue weighted by Gasteiger charge is -2.42. The predicted molar refractivity (Wildman–Crippen MR) is 104 cm³/mol. The molecule has 0 radical (unpaired) electrons. The van der Waals surface area contributed by atoms with Gasteiger partial charge in [0, 0.05) is 39.2 Å². The molecule has 1 aromatic rings. The van der Waals surface area contributed by atoms with Gasteiger partial charge >= 0.3 is 6.09 Å². The minimum absolute atomic E-state index is 0.0601. The van der Waals surface area contributed by atoms with Gasteiger partial charge in [0.2, 0.25) is 0 Å². The molecular weight excluding hydrogens is 363 g/mol. The number of carbonyl (C=O) groups excluding carboxylic acids is 1. The number of piperazine rings is 1. The Kier molecular flexibility index (Phi) is 5.71. The van der Waals surface area contributed by atoms with Gasteiger partial charge in [0.05, 0.1) is 23.9 Å². The van der Waals surface area contributed by atoms with Gasteiger partial charge in [0.25, 0.3) is 0 Å². The Labute approximate surface area is 165 Å². The fourth-order valence-corrected chi connectivity index (χ4v) is 3.70. The van der Waals surface area contributed by atoms with Crippen LogP contribution in [0.1, 0.15) is 32.8 Å². The molecule has 1 amide bonds. The van der Waals surface area contributed by atoms with Crippen LogP contribution < -0.4 is 9.64 Å². The zero-order valence-electron chi connectivity index (χ0n) is 16.8. The first-order chi connectivity index (χ1) is 13.2. The van der Waals surface area contributed by atoms with Crippen molar-refractivity contribution in [2.45, 2.75) is 44.9 Å². The summed E-state index contributed by atoms with van der Waals surface area (Å²) in [5, 5.41) is 0. The number of methoxy groups -OCH3 is 1. The van der Waals surface area contributed by atoms with E-state index in [-0.39, 0.29) is 18.2 Å². The van der Waals surface area contributed by atoms with Crippen LogP contribution in [0.15, 0.2) is 12.1 Å². The zero-order valence-corrected chi connectivity index (χ0v) is 16.8. The Hall–Kier alpha value is -2.46. The number of carbonyl (C=O) groups is 1. The fourth-order valence-electron chi connectivity index (χ4n) is 3.70. The summed E-state index contributed by atoms with van der Waals surface area (Å²) in [6, 6.07) is 2.69. The number of hydrogen-bond donors (Lipinski definition) is 0. The van der Waals surface area contributed by atoms with Gasteiger partial charge in [0.15, 0.2) is 5.75 Å². The fraction of sp³-hybridized carbons (Fsp3) is 0.571. The van der Waals surface area contributed by atoms with E-state index in [0.717, 1.165) is 0 Å². The molecule has 7 heteroatoms. The normalized spacial score (nSPS) is 21.7. The lowest BCUT2D eigenvalue weighted by atomic mass is 10.0. The SMILES string of the molecule is C#Cc1cc(F)cc2c1OC(COC)CC1CN(C(=O)OC(C)(C)C)CCN21. The Balaban J connectivity index is 1.91. The van der Waals surface area contributed by atoms with Crippen LogP contribution in [0, 0.1) is 18.2 Å². The van der Waals surface area contributed by atoms with Crippen LogP contribution in [-0.2, 0) is 9.47 Å². The molecule has 1 saturated heterocycles. The molecule has 0 saturated carbocycles. The number of amides is 1. The maximum Gasteiger partial charge on any atom is 0.410 e. The molecule has 28 heavy (non-hydrogen) atoms. The van der Waals surface area contributed by atoms with E-state index in [1.54, 1.807) is 12.0 Å². The van der Waals surface area contributed by atoms with E-state index in [1.807, 2.05) is 20.8 Å². The first-order valence-corrected chi connectivity index (χ1v) is 9.42. The van der Waals surface area contributed by atoms with Gasteiger partial charge in [0.1, 0.15) is 17.5 Å². The molecule has 2 aliphatic heterocycles. The van der Waals surface area contributed by atoms with Gasteiger partial charge in [-0.2, -0.15) is 0 Å². The second-order valence-electron chi connectivity index (χ2n) is 8.15. The maximum atomic E-state index is 14.2. The van der Waals surface area contributed by atoms with Crippen molar-refractivity contribution in [1.29, 1.82) is 0 Å². The highest BCUT2D eigenvalue weighted by atomic mass is 19.1. The number of terminal acetylenes is 1. The molecule has 0 spiro atoms. The molecule has 2 aliphatic rings. The summed E-state index contributed by atoms with van der Waals surface area (Å²) in [6.45, 7) is 7.37. The van der Waals surface area contributed by atoms with Crippen molar-refractivity contribution in [2.24, 2.45) is 0 Å². The maximum absolute atomic E-state index is 14.2. The summed E-state index contributed by atoms with van der Waals surface area (Å²) in [7, 11) is 1.60. The Morgan fingerprint density at radius 2 is 2.14 bits per heavy atom. The smallest absolute Gasteiger partial charge is 0.410 e. The number of hydrogen-bond acceptors (Lipinski definition) is 5. The summed E-state index contributed by atoms with van der Waals surface area (Å²) in [5.74, 6) is 2.61. The van der Waals surface area contributed by atoms with E-state index >= 15 is 0 Å². The Morgan fingerprint density at radius 1 is 1.39 bits per heavy atom. The average molecular weight is 390 g/mol. The summed E-state index contributed by atoms with van der Waals surface area (Å²) in [6.07, 6.45) is 5.61. The molecule has 3 rings (SSSR count). The average Bonchev–Trinajstić information content (AvgIpc) is 2.76. The van der Waals surface area contributed by atoms with Crippen molar-refractivity contribution in [2.75, 3.05) is 38.3 Å². The first-order valence-electron chi connectivity index (χ1n) is 9.42. The van der Waals surface area contributed by atoms with Crippen molar-refractivity contribution in [1.82, 2.24) is 4.90 Å². The zero-order chi connectivity index (χ0) is 20.5. The van der Waals surface area contributed by atoms with Crippen LogP contribution >= 0.6 is 0 Å². The van der Waals surface area contributed by atoms with Gasteiger partial charge in [-0.25, -0.2) is 9.18 Å². The molecule has 1 aromatic carbocycles. The molecule has 0 aromatic heterocycles. The van der Waals surface area contributed by atoms with E-state index < -0.39 is 11.4 Å². The van der Waals surface area contributed by atoms with Crippen LogP contribution in [0.4, 0.5) is 14.9 Å². The molecule has 152 valence electrons. The van der Waals surface area contributed by atoms with Crippen molar-refractivity contribution in [3.8, 4) is 18.1 Å². The summed E-state index contributed by atoms with van der Waals surface area (Å²) < 4.78 is 31.1. The van der Waals surface area contributed by atoms with Crippen LogP contribution in [0.3, 0.4) is 0 Å². The molecule has 0 aliphatic carbocycles. The molecule has 2 heterocycles. The van der Waals surface area contributed by atoms with Crippen molar-refractivity contribution in [3.63, 3.8) is 0 Å². The molecular formula is C21H27FN2O4. The Morgan fingerprint density at radius 3 is 2.79 bits per heavy atom. The van der Waals surface area contributed by atoms with E-state index in [0.29, 0.717) is 49.7 Å². The number of halogens is 1. The largest absolute Gasteiger partial charge is 0.484 e. The van der Waals surface area contributed by atoms with Gasteiger partial charge < -0.3 is 24.0 Å². The lowest BCUT2D eigenvalue weighted by molar-refractivity contribution is 0.0190. The van der Waals surface area contributed by atoms with Crippen molar-refractivity contribution in [3.05, 3.63) is 23.5 Å². The van der Waals surface area contributed by atoms with Crippen molar-refractivity contribution < 1.29 is 23.4 Å². The van der Waals surface area contributed by atoms with E-state index in [9.17, 15) is 9.18 Å². The first kappa shape index (κ1) is 20.3. The minimum Gasteiger partial charge on any atom is -0.484 e. The highest BCUT2D eigenvalue weighted by molar-refractivity contribution is 5.70. The highest BCUT2D eigenvalue weighted by Gasteiger charge is 2.38. The number of rotatable bonds is 2. The third-order valence-electron chi connectivity index (χ3n) is 4.81. The predicted octanol–water partition coefficient (Wildman–Crippen LogP) is 3.03. The van der Waals surface area contributed by atoms with Crippen molar-refractivity contribution >= 4 is 11.8 Å². The highest BCUT2D eigenvalue weighted by Crippen LogP contribution is 2.39. The van der Waals surface area contributed by atoms with E-state index in [2.05, 4.69) is 10.8 Å². The second kappa shape index (κ2) is 7.88. The summed E-state index contributed by atoms with van der Waals surface area (Å²) in [5.41, 5.74) is 0.447. The van der Waals surface area contributed by atoms with E-state index in [4.69, 9.17) is 20.6 Å². The summed E-state index contributed by atoms with van der Waals surface area (Å²) in [4.78, 5) is 16.3. The topological polar surface area (TPSA) is 51.2 Å².